The average molecular weight is 160 g/mol. The van der Waals surface area contributed by atoms with Crippen molar-refractivity contribution in [3.8, 4) is 0 Å². The number of ether oxygens (including phenoxy) is 1. The van der Waals surface area contributed by atoms with Gasteiger partial charge in [-0.25, -0.2) is 0 Å². The van der Waals surface area contributed by atoms with Crippen LogP contribution in [0.15, 0.2) is 0 Å². The third kappa shape index (κ3) is 1.31. The molecule has 0 bridgehead atoms. The van der Waals surface area contributed by atoms with Crippen molar-refractivity contribution in [1.29, 1.82) is 0 Å². The molecule has 1 saturated heterocycles. The summed E-state index contributed by atoms with van der Waals surface area (Å²) in [6, 6.07) is 0. The van der Waals surface area contributed by atoms with Gasteiger partial charge in [0.15, 0.2) is 11.9 Å². The molecule has 2 unspecified atom stereocenters. The molecule has 4 heteroatoms. The zero-order valence-electron chi connectivity index (χ0n) is 5.53. The number of Topliss-reactive ketones (excluding diaryl/α,β-unsaturated/α-hetero) is 1. The summed E-state index contributed by atoms with van der Waals surface area (Å²) in [5.41, 5.74) is 0. The zero-order chi connectivity index (χ0) is 7.72. The molecule has 1 rings (SSSR count). The molecular formula is C6H8O3S. The maximum atomic E-state index is 10.8. The number of carbonyl (C=O) groups excluding carboxylic acids is 2. The first-order valence-corrected chi connectivity index (χ1v) is 3.53. The zero-order valence-corrected chi connectivity index (χ0v) is 6.43. The number of esters is 1. The Morgan fingerprint density at radius 2 is 2.30 bits per heavy atom. The number of hydrogen-bond donors (Lipinski definition) is 1. The lowest BCUT2D eigenvalue weighted by molar-refractivity contribution is -0.142. The topological polar surface area (TPSA) is 43.4 Å². The Labute approximate surface area is 64.1 Å². The van der Waals surface area contributed by atoms with Crippen LogP contribution in [0.3, 0.4) is 0 Å². The summed E-state index contributed by atoms with van der Waals surface area (Å²) < 4.78 is 4.67. The summed E-state index contributed by atoms with van der Waals surface area (Å²) in [6.07, 6.45) is -0.703. The van der Waals surface area contributed by atoms with Gasteiger partial charge in [0.25, 0.3) is 0 Å². The maximum absolute atomic E-state index is 10.8. The van der Waals surface area contributed by atoms with Crippen LogP contribution in [0.5, 0.6) is 0 Å². The van der Waals surface area contributed by atoms with Gasteiger partial charge in [-0.3, -0.25) is 9.59 Å². The van der Waals surface area contributed by atoms with Crippen LogP contribution in [0.2, 0.25) is 0 Å². The minimum atomic E-state index is -0.615. The van der Waals surface area contributed by atoms with Gasteiger partial charge in [0, 0.05) is 5.25 Å². The van der Waals surface area contributed by atoms with Gasteiger partial charge in [0.05, 0.1) is 0 Å². The number of carbonyl (C=O) groups is 2. The van der Waals surface area contributed by atoms with Crippen molar-refractivity contribution in [2.75, 3.05) is 0 Å². The largest absolute Gasteiger partial charge is 0.453 e. The van der Waals surface area contributed by atoms with E-state index in [9.17, 15) is 9.59 Å². The molecule has 0 radical (unpaired) electrons. The van der Waals surface area contributed by atoms with E-state index in [1.807, 2.05) is 0 Å². The summed E-state index contributed by atoms with van der Waals surface area (Å²) in [5.74, 6) is -0.594. The molecule has 0 N–H and O–H groups in total. The molecular weight excluding hydrogens is 152 g/mol. The van der Waals surface area contributed by atoms with Crippen LogP contribution in [-0.4, -0.2) is 23.1 Å². The first-order chi connectivity index (χ1) is 4.61. The summed E-state index contributed by atoms with van der Waals surface area (Å²) in [7, 11) is 0. The van der Waals surface area contributed by atoms with Gasteiger partial charge in [-0.05, 0) is 6.92 Å². The van der Waals surface area contributed by atoms with Crippen LogP contribution in [0, 0.1) is 0 Å². The second-order valence-electron chi connectivity index (χ2n) is 2.29. The number of ketones is 1. The van der Waals surface area contributed by atoms with E-state index in [2.05, 4.69) is 17.4 Å². The second kappa shape index (κ2) is 2.62. The van der Waals surface area contributed by atoms with E-state index in [0.29, 0.717) is 0 Å². The van der Waals surface area contributed by atoms with E-state index < -0.39 is 12.1 Å². The highest BCUT2D eigenvalue weighted by Gasteiger charge is 2.35. The smallest absolute Gasteiger partial charge is 0.314 e. The van der Waals surface area contributed by atoms with Gasteiger partial charge >= 0.3 is 5.97 Å². The van der Waals surface area contributed by atoms with Crippen molar-refractivity contribution >= 4 is 24.4 Å². The molecule has 3 nitrogen and oxygen atoms in total. The molecule has 56 valence electrons. The van der Waals surface area contributed by atoms with Crippen molar-refractivity contribution in [2.24, 2.45) is 0 Å². The first kappa shape index (κ1) is 7.60. The van der Waals surface area contributed by atoms with E-state index in [4.69, 9.17) is 0 Å². The first-order valence-electron chi connectivity index (χ1n) is 3.01. The molecule has 0 aromatic carbocycles. The molecule has 0 aromatic rings. The Kier molecular flexibility index (Phi) is 1.99. The van der Waals surface area contributed by atoms with Gasteiger partial charge < -0.3 is 4.74 Å². The number of rotatable bonds is 1. The Hall–Kier alpha value is -0.510. The highest BCUT2D eigenvalue weighted by molar-refractivity contribution is 7.81. The lowest BCUT2D eigenvalue weighted by Gasteiger charge is -2.09. The number of hydrogen-bond acceptors (Lipinski definition) is 4. The summed E-state index contributed by atoms with van der Waals surface area (Å²) >= 11 is 4.00. The molecule has 0 saturated carbocycles. The summed E-state index contributed by atoms with van der Waals surface area (Å²) in [6.45, 7) is 1.73. The van der Waals surface area contributed by atoms with Gasteiger partial charge in [-0.15, -0.1) is 0 Å². The number of cyclic esters (lactones) is 1. The maximum Gasteiger partial charge on any atom is 0.314 e. The van der Waals surface area contributed by atoms with Crippen LogP contribution in [0.1, 0.15) is 13.3 Å². The Balaban J connectivity index is 2.63. The van der Waals surface area contributed by atoms with Crippen molar-refractivity contribution in [2.45, 2.75) is 24.7 Å². The van der Waals surface area contributed by atoms with E-state index in [1.165, 1.54) is 0 Å². The molecule has 0 amide bonds. The normalized spacial score (nSPS) is 28.4. The van der Waals surface area contributed by atoms with Gasteiger partial charge in [-0.2, -0.15) is 12.6 Å². The summed E-state index contributed by atoms with van der Waals surface area (Å²) in [4.78, 5) is 21.3. The third-order valence-electron chi connectivity index (χ3n) is 1.33. The summed E-state index contributed by atoms with van der Waals surface area (Å²) in [5, 5.41) is -0.195. The monoisotopic (exact) mass is 160 g/mol. The fourth-order valence-electron chi connectivity index (χ4n) is 0.859. The average Bonchev–Trinajstić information content (AvgIpc) is 2.10. The molecule has 2 atom stereocenters. The fraction of sp³-hybridized carbons (Fsp3) is 0.667. The minimum absolute atomic E-state index is 0.0877. The lowest BCUT2D eigenvalue weighted by Crippen LogP contribution is -2.24. The number of thiol groups is 1. The van der Waals surface area contributed by atoms with Crippen LogP contribution in [0.4, 0.5) is 0 Å². The van der Waals surface area contributed by atoms with Crippen LogP contribution in [-0.2, 0) is 14.3 Å². The van der Waals surface area contributed by atoms with E-state index in [-0.39, 0.29) is 17.5 Å². The Bertz CT molecular complexity index is 176. The van der Waals surface area contributed by atoms with Crippen molar-refractivity contribution < 1.29 is 14.3 Å². The highest BCUT2D eigenvalue weighted by Crippen LogP contribution is 2.16. The van der Waals surface area contributed by atoms with Crippen molar-refractivity contribution in [1.82, 2.24) is 0 Å². The quantitative estimate of drug-likeness (QED) is 0.338. The standard InChI is InChI=1S/C6H8O3S/c1-3(10)6-4(7)2-5(8)9-6/h3,6,10H,2H2,1H3. The van der Waals surface area contributed by atoms with Crippen LogP contribution >= 0.6 is 12.6 Å². The minimum Gasteiger partial charge on any atom is -0.453 e. The predicted molar refractivity (Wildman–Crippen MR) is 38.0 cm³/mol. The van der Waals surface area contributed by atoms with Gasteiger partial charge in [0.2, 0.25) is 0 Å². The molecule has 1 aliphatic heterocycles. The third-order valence-corrected chi connectivity index (χ3v) is 1.60. The second-order valence-corrected chi connectivity index (χ2v) is 3.11. The van der Waals surface area contributed by atoms with E-state index >= 15 is 0 Å². The van der Waals surface area contributed by atoms with E-state index in [0.717, 1.165) is 0 Å². The van der Waals surface area contributed by atoms with E-state index in [1.54, 1.807) is 6.92 Å². The predicted octanol–water partition coefficient (Wildman–Crippen LogP) is 0.189. The van der Waals surface area contributed by atoms with Crippen LogP contribution in [0.25, 0.3) is 0 Å². The van der Waals surface area contributed by atoms with Crippen LogP contribution < -0.4 is 0 Å². The molecule has 0 spiro atoms. The van der Waals surface area contributed by atoms with Crippen molar-refractivity contribution in [3.63, 3.8) is 0 Å². The molecule has 10 heavy (non-hydrogen) atoms. The SMILES string of the molecule is CC(S)C1OC(=O)CC1=O. The van der Waals surface area contributed by atoms with Crippen molar-refractivity contribution in [3.05, 3.63) is 0 Å². The molecule has 1 fully saturated rings. The Morgan fingerprint density at radius 1 is 1.70 bits per heavy atom. The molecule has 1 heterocycles. The lowest BCUT2D eigenvalue weighted by atomic mass is 10.2. The van der Waals surface area contributed by atoms with Gasteiger partial charge in [-0.1, -0.05) is 0 Å². The van der Waals surface area contributed by atoms with Gasteiger partial charge in [0.1, 0.15) is 6.42 Å². The molecule has 1 aliphatic rings. The Morgan fingerprint density at radius 3 is 2.50 bits per heavy atom. The molecule has 0 aliphatic carbocycles. The fourth-order valence-corrected chi connectivity index (χ4v) is 1.09. The molecule has 0 aromatic heterocycles. The highest BCUT2D eigenvalue weighted by atomic mass is 32.1.